The molecule has 0 aromatic heterocycles. The van der Waals surface area contributed by atoms with E-state index in [2.05, 4.69) is 0 Å². The molecule has 1 fully saturated rings. The standard InChI is InChI=1S/C9H16O8/c10-2-4(12)7(14)8-6(13)3(11)1-5(17-8)9(15)16/h3-8,10-14H,1-2H2,(H,15,16)/t3-,4+,5+,6+,7+,8+/m0/s1. The van der Waals surface area contributed by atoms with E-state index >= 15 is 0 Å². The van der Waals surface area contributed by atoms with Crippen LogP contribution < -0.4 is 0 Å². The lowest BCUT2D eigenvalue weighted by Crippen LogP contribution is -2.57. The molecule has 1 rings (SSSR count). The van der Waals surface area contributed by atoms with Crippen LogP contribution in [0.1, 0.15) is 6.42 Å². The summed E-state index contributed by atoms with van der Waals surface area (Å²) in [7, 11) is 0. The zero-order chi connectivity index (χ0) is 13.2. The molecule has 100 valence electrons. The van der Waals surface area contributed by atoms with Crippen molar-refractivity contribution in [2.24, 2.45) is 0 Å². The summed E-state index contributed by atoms with van der Waals surface area (Å²) < 4.78 is 4.88. The third kappa shape index (κ3) is 3.12. The van der Waals surface area contributed by atoms with Crippen molar-refractivity contribution in [1.82, 2.24) is 0 Å². The van der Waals surface area contributed by atoms with Crippen molar-refractivity contribution in [1.29, 1.82) is 0 Å². The fourth-order valence-corrected chi connectivity index (χ4v) is 1.67. The van der Waals surface area contributed by atoms with Gasteiger partial charge >= 0.3 is 5.97 Å². The average molecular weight is 252 g/mol. The topological polar surface area (TPSA) is 148 Å². The van der Waals surface area contributed by atoms with E-state index in [4.69, 9.17) is 14.9 Å². The fourth-order valence-electron chi connectivity index (χ4n) is 1.67. The van der Waals surface area contributed by atoms with E-state index in [0.29, 0.717) is 0 Å². The fraction of sp³-hybridized carbons (Fsp3) is 0.889. The Balaban J connectivity index is 2.77. The molecule has 0 aliphatic carbocycles. The lowest BCUT2D eigenvalue weighted by molar-refractivity contribution is -0.221. The van der Waals surface area contributed by atoms with Gasteiger partial charge in [0.15, 0.2) is 6.10 Å². The van der Waals surface area contributed by atoms with Gasteiger partial charge in [0, 0.05) is 6.42 Å². The van der Waals surface area contributed by atoms with Gasteiger partial charge in [-0.2, -0.15) is 0 Å². The molecule has 0 radical (unpaired) electrons. The largest absolute Gasteiger partial charge is 0.479 e. The zero-order valence-electron chi connectivity index (χ0n) is 8.88. The molecule has 0 aromatic carbocycles. The van der Waals surface area contributed by atoms with Gasteiger partial charge in [0.2, 0.25) is 0 Å². The smallest absolute Gasteiger partial charge is 0.332 e. The van der Waals surface area contributed by atoms with Crippen LogP contribution in [0.15, 0.2) is 0 Å². The summed E-state index contributed by atoms with van der Waals surface area (Å²) in [5.41, 5.74) is 0. The highest BCUT2D eigenvalue weighted by atomic mass is 16.6. The van der Waals surface area contributed by atoms with E-state index in [-0.39, 0.29) is 6.42 Å². The molecule has 0 aromatic rings. The van der Waals surface area contributed by atoms with Crippen LogP contribution in [-0.4, -0.2) is 79.8 Å². The minimum Gasteiger partial charge on any atom is -0.479 e. The number of hydrogen-bond acceptors (Lipinski definition) is 7. The summed E-state index contributed by atoms with van der Waals surface area (Å²) in [5, 5.41) is 55.0. The third-order valence-electron chi connectivity index (χ3n) is 2.70. The maximum absolute atomic E-state index is 10.7. The molecule has 0 saturated carbocycles. The van der Waals surface area contributed by atoms with Crippen LogP contribution in [0.3, 0.4) is 0 Å². The minimum atomic E-state index is -1.69. The van der Waals surface area contributed by atoms with E-state index in [1.54, 1.807) is 0 Å². The average Bonchev–Trinajstić information content (AvgIpc) is 2.30. The summed E-state index contributed by atoms with van der Waals surface area (Å²) in [6.45, 7) is -0.776. The molecule has 1 saturated heterocycles. The number of carbonyl (C=O) groups is 1. The number of aliphatic hydroxyl groups is 5. The highest BCUT2D eigenvalue weighted by Gasteiger charge is 2.44. The van der Waals surface area contributed by atoms with Crippen LogP contribution in [0.4, 0.5) is 0 Å². The minimum absolute atomic E-state index is 0.311. The van der Waals surface area contributed by atoms with Gasteiger partial charge in [-0.25, -0.2) is 4.79 Å². The monoisotopic (exact) mass is 252 g/mol. The Kier molecular flexibility index (Phi) is 4.80. The Hall–Kier alpha value is -0.770. The van der Waals surface area contributed by atoms with Crippen LogP contribution in [0, 0.1) is 0 Å². The SMILES string of the molecule is O=C(O)[C@H]1C[C@H](O)[C@@H](O)[C@H]([C@H](O)[C@H](O)CO)O1. The van der Waals surface area contributed by atoms with Crippen LogP contribution in [0.25, 0.3) is 0 Å². The Morgan fingerprint density at radius 2 is 1.94 bits per heavy atom. The number of carboxylic acids is 1. The Morgan fingerprint density at radius 1 is 1.35 bits per heavy atom. The molecule has 0 unspecified atom stereocenters. The Morgan fingerprint density at radius 3 is 2.41 bits per heavy atom. The van der Waals surface area contributed by atoms with Crippen molar-refractivity contribution in [2.75, 3.05) is 6.61 Å². The summed E-state index contributed by atoms with van der Waals surface area (Å²) >= 11 is 0. The maximum atomic E-state index is 10.7. The van der Waals surface area contributed by atoms with E-state index in [1.807, 2.05) is 0 Å². The second kappa shape index (κ2) is 5.71. The van der Waals surface area contributed by atoms with Crippen LogP contribution in [-0.2, 0) is 9.53 Å². The van der Waals surface area contributed by atoms with Gasteiger partial charge in [-0.15, -0.1) is 0 Å². The van der Waals surface area contributed by atoms with Crippen molar-refractivity contribution in [2.45, 2.75) is 43.0 Å². The molecule has 0 bridgehead atoms. The van der Waals surface area contributed by atoms with Crippen LogP contribution >= 0.6 is 0 Å². The Bertz CT molecular complexity index is 270. The molecular weight excluding hydrogens is 236 g/mol. The zero-order valence-corrected chi connectivity index (χ0v) is 8.88. The molecule has 6 N–H and O–H groups in total. The van der Waals surface area contributed by atoms with E-state index in [1.165, 1.54) is 0 Å². The molecule has 8 nitrogen and oxygen atoms in total. The summed E-state index contributed by atoms with van der Waals surface area (Å²) in [6.07, 6.45) is -9.34. The van der Waals surface area contributed by atoms with Gasteiger partial charge in [-0.1, -0.05) is 0 Å². The molecule has 17 heavy (non-hydrogen) atoms. The number of hydrogen-bond donors (Lipinski definition) is 6. The number of ether oxygens (including phenoxy) is 1. The quantitative estimate of drug-likeness (QED) is 0.304. The number of rotatable bonds is 4. The molecule has 8 heteroatoms. The summed E-state index contributed by atoms with van der Waals surface area (Å²) in [4.78, 5) is 10.7. The van der Waals surface area contributed by atoms with E-state index < -0.39 is 49.2 Å². The van der Waals surface area contributed by atoms with Crippen molar-refractivity contribution in [3.05, 3.63) is 0 Å². The highest BCUT2D eigenvalue weighted by Crippen LogP contribution is 2.24. The molecule has 6 atom stereocenters. The molecule has 0 amide bonds. The van der Waals surface area contributed by atoms with Gasteiger partial charge < -0.3 is 35.4 Å². The molecule has 1 aliphatic rings. The van der Waals surface area contributed by atoms with E-state index in [9.17, 15) is 25.2 Å². The second-order valence-corrected chi connectivity index (χ2v) is 3.96. The normalized spacial score (nSPS) is 37.5. The van der Waals surface area contributed by atoms with Gasteiger partial charge in [-0.05, 0) is 0 Å². The van der Waals surface area contributed by atoms with Crippen LogP contribution in [0.5, 0.6) is 0 Å². The number of aliphatic carboxylic acids is 1. The van der Waals surface area contributed by atoms with Gasteiger partial charge in [0.05, 0.1) is 12.7 Å². The van der Waals surface area contributed by atoms with E-state index in [0.717, 1.165) is 0 Å². The first-order chi connectivity index (χ1) is 7.88. The molecular formula is C9H16O8. The van der Waals surface area contributed by atoms with Gasteiger partial charge in [-0.3, -0.25) is 0 Å². The lowest BCUT2D eigenvalue weighted by Gasteiger charge is -2.38. The molecule has 1 aliphatic heterocycles. The lowest BCUT2D eigenvalue weighted by atomic mass is 9.92. The van der Waals surface area contributed by atoms with Gasteiger partial charge in [0.1, 0.15) is 24.4 Å². The summed E-state index contributed by atoms with van der Waals surface area (Å²) in [6, 6.07) is 0. The molecule has 0 spiro atoms. The first kappa shape index (κ1) is 14.3. The van der Waals surface area contributed by atoms with Crippen molar-refractivity contribution in [3.8, 4) is 0 Å². The van der Waals surface area contributed by atoms with Crippen LogP contribution in [0.2, 0.25) is 0 Å². The first-order valence-electron chi connectivity index (χ1n) is 5.09. The third-order valence-corrected chi connectivity index (χ3v) is 2.70. The second-order valence-electron chi connectivity index (χ2n) is 3.96. The predicted octanol–water partition coefficient (Wildman–Crippen LogP) is -3.34. The Labute approximate surface area is 96.7 Å². The van der Waals surface area contributed by atoms with Crippen molar-refractivity contribution >= 4 is 5.97 Å². The number of aliphatic hydroxyl groups excluding tert-OH is 5. The van der Waals surface area contributed by atoms with Crippen molar-refractivity contribution < 1.29 is 40.2 Å². The first-order valence-corrected chi connectivity index (χ1v) is 5.09. The highest BCUT2D eigenvalue weighted by molar-refractivity contribution is 5.72. The van der Waals surface area contributed by atoms with Gasteiger partial charge in [0.25, 0.3) is 0 Å². The van der Waals surface area contributed by atoms with Crippen molar-refractivity contribution in [3.63, 3.8) is 0 Å². The number of carboxylic acid groups (broad SMARTS) is 1. The summed E-state index contributed by atoms with van der Waals surface area (Å²) in [5.74, 6) is -1.34. The maximum Gasteiger partial charge on any atom is 0.332 e. The molecule has 1 heterocycles. The predicted molar refractivity (Wildman–Crippen MR) is 52.0 cm³/mol.